The van der Waals surface area contributed by atoms with Crippen LogP contribution >= 0.6 is 23.5 Å². The summed E-state index contributed by atoms with van der Waals surface area (Å²) in [6, 6.07) is -7.00. The van der Waals surface area contributed by atoms with E-state index in [4.69, 9.17) is 75.9 Å². The van der Waals surface area contributed by atoms with Crippen molar-refractivity contribution in [3.63, 3.8) is 0 Å². The molecule has 7 atom stereocenters. The maximum Gasteiger partial charge on any atom is 0.324 e. The van der Waals surface area contributed by atoms with Gasteiger partial charge in [0.25, 0.3) is 16.8 Å². The second-order valence-electron chi connectivity index (χ2n) is 20.6. The van der Waals surface area contributed by atoms with Crippen LogP contribution in [0.3, 0.4) is 0 Å². The largest absolute Gasteiger partial charge is 0.480 e. The molecule has 39 nitrogen and oxygen atoms in total. The smallest absolute Gasteiger partial charge is 0.324 e. The molecule has 0 aromatic heterocycles. The number of carboxylic acids is 7. The normalized spacial score (nSPS) is 12.0. The van der Waals surface area contributed by atoms with Gasteiger partial charge in [0.05, 0.1) is 20.0 Å². The van der Waals surface area contributed by atoms with Gasteiger partial charge in [-0.3, -0.25) is 105 Å². The number of unbranched alkanes of at least 4 members (excludes halogenated alkanes) is 3. The number of hydrogen-bond donors (Lipinski definition) is 15. The number of carbonyl (C=O) groups is 22. The van der Waals surface area contributed by atoms with Crippen molar-refractivity contribution in [3.8, 4) is 0 Å². The second-order valence-corrected chi connectivity index (χ2v) is 22.7. The fraction of sp³-hybridized carbons (Fsp3) is 0.621. The van der Waals surface area contributed by atoms with Crippen LogP contribution in [0.15, 0.2) is 0 Å². The third kappa shape index (κ3) is 73.3. The number of rotatable bonds is 44. The minimum Gasteiger partial charge on any atom is -0.480 e. The van der Waals surface area contributed by atoms with Crippen LogP contribution in [-0.4, -0.2) is 237 Å². The molecule has 41 heteroatoms. The number of carboxylic acid groups (broad SMARTS) is 7. The lowest BCUT2D eigenvalue weighted by Crippen LogP contribution is -2.35. The molecule has 1 amide bonds. The molecule has 0 saturated heterocycles. The molecule has 0 rings (SSSR count). The van der Waals surface area contributed by atoms with E-state index < -0.39 is 143 Å². The number of ketones is 10. The average Bonchev–Trinajstić information content (AvgIpc) is 1.55. The highest BCUT2D eigenvalue weighted by Gasteiger charge is 2.21. The van der Waals surface area contributed by atoms with Crippen LogP contribution in [0.25, 0.3) is 0 Å². The third-order valence-corrected chi connectivity index (χ3v) is 13.1. The Kier molecular flexibility index (Phi) is 65.6. The molecule has 0 aliphatic heterocycles. The Morgan fingerprint density at radius 1 is 0.384 bits per heavy atom. The second kappa shape index (κ2) is 62.7. The Labute approximate surface area is 576 Å². The zero-order chi connectivity index (χ0) is 78.8. The Balaban J connectivity index is -0.000000200. The number of ether oxygens (including phenoxy) is 2. The van der Waals surface area contributed by atoms with Crippen molar-refractivity contribution in [2.45, 2.75) is 199 Å². The van der Waals surface area contributed by atoms with Crippen LogP contribution < -0.4 is 45.5 Å². The molecule has 0 aromatic carbocycles. The van der Waals surface area contributed by atoms with Crippen LogP contribution in [-0.2, 0) is 115 Å². The summed E-state index contributed by atoms with van der Waals surface area (Å²) in [7, 11) is 1.18. The molecule has 0 heterocycles. The first kappa shape index (κ1) is 104. The van der Waals surface area contributed by atoms with Crippen LogP contribution in [0.5, 0.6) is 0 Å². The highest BCUT2D eigenvalue weighted by molar-refractivity contribution is 8.15. The van der Waals surface area contributed by atoms with Crippen molar-refractivity contribution in [2.24, 2.45) is 40.1 Å². The molecule has 0 spiro atoms. The lowest BCUT2D eigenvalue weighted by molar-refractivity contribution is -0.150. The molecule has 0 fully saturated rings. The number of aliphatic carboxylic acids is 7. The summed E-state index contributed by atoms with van der Waals surface area (Å²) in [5, 5.41) is 60.4. The highest BCUT2D eigenvalue weighted by atomic mass is 32.2. The Morgan fingerprint density at radius 2 is 0.758 bits per heavy atom. The van der Waals surface area contributed by atoms with Gasteiger partial charge in [-0.1, -0.05) is 36.4 Å². The number of methoxy groups -OCH3 is 1. The van der Waals surface area contributed by atoms with Crippen molar-refractivity contribution < 1.29 is 151 Å². The van der Waals surface area contributed by atoms with Crippen molar-refractivity contribution >= 4 is 151 Å². The number of esters is 2. The molecule has 0 bridgehead atoms. The summed E-state index contributed by atoms with van der Waals surface area (Å²) < 4.78 is 8.68. The minimum absolute atomic E-state index is 0.00144. The molecule has 7 unspecified atom stereocenters. The van der Waals surface area contributed by atoms with Gasteiger partial charge in [0.15, 0.2) is 5.12 Å². The molecule has 0 aromatic rings. The molecule has 22 N–H and O–H groups in total. The molecule has 564 valence electrons. The average molecular weight is 1460 g/mol. The standard InChI is InChI=1S/C10H15NO5.C9H16N2O4.C9H15NO4S.C8H13NO5.C8H13NO4.C7H11NO5.C7H11NO4S/c1-6(12)9(14)8(13)5-3-2-4-7(11)10(15)16;1-6(12)8(13)11-5-3-2-4-7(10)9(14)15;1-6(11)9(14)15-5-3-2-4-7(10)8(12)13;1-14-7(11)4-5(10)2-3-6(9)8(12)13;1-5(10)4-6(11)2-3-7(9)8(12)13;2*1-4(9)2-6(10)13-3-5(8)7(11)12/h7H,2-5,11H2,1H3,(H,15,16);7H,2-5,10H2,1H3,(H,11,13)(H,14,15);7H,2-5,10H2,1H3,(H,12,13);6H,2-4,9H2,1H3,(H,12,13);7H,2-4,9H2,1H3,(H,12,13);2*5H,2-3,8H2,1H3,(H,11,12). The number of hydrogen-bond acceptors (Lipinski definition) is 33. The van der Waals surface area contributed by atoms with E-state index in [1.165, 1.54) is 41.7 Å². The molecule has 0 aliphatic rings. The lowest BCUT2D eigenvalue weighted by atomic mass is 10.0. The number of nitrogens with one attached hydrogen (secondary N) is 1. The summed E-state index contributed by atoms with van der Waals surface area (Å²) in [4.78, 5) is 232. The maximum atomic E-state index is 11.0. The monoisotopic (exact) mass is 1460 g/mol. The Bertz CT molecular complexity index is 2580. The van der Waals surface area contributed by atoms with Gasteiger partial charge in [-0.2, -0.15) is 0 Å². The van der Waals surface area contributed by atoms with Crippen molar-refractivity contribution in [1.29, 1.82) is 0 Å². The number of nitrogens with two attached hydrogens (primary N) is 7. The van der Waals surface area contributed by atoms with Gasteiger partial charge >= 0.3 is 53.7 Å². The zero-order valence-electron chi connectivity index (χ0n) is 55.9. The minimum atomic E-state index is -1.25. The van der Waals surface area contributed by atoms with Gasteiger partial charge in [-0.05, 0) is 78.6 Å². The predicted molar refractivity (Wildman–Crippen MR) is 347 cm³/mol. The van der Waals surface area contributed by atoms with Gasteiger partial charge < -0.3 is 90.7 Å². The van der Waals surface area contributed by atoms with Gasteiger partial charge in [-0.25, -0.2) is 0 Å². The summed E-state index contributed by atoms with van der Waals surface area (Å²) in [6.07, 6.45) is 3.46. The van der Waals surface area contributed by atoms with E-state index in [2.05, 4.69) is 14.8 Å². The first-order valence-corrected chi connectivity index (χ1v) is 31.3. The molecule has 0 aliphatic carbocycles. The number of thioether (sulfide) groups is 2. The van der Waals surface area contributed by atoms with Crippen LogP contribution in [0.1, 0.15) is 157 Å². The molecule has 99 heavy (non-hydrogen) atoms. The van der Waals surface area contributed by atoms with E-state index in [0.717, 1.165) is 30.4 Å². The summed E-state index contributed by atoms with van der Waals surface area (Å²) in [5.41, 5.74) is 36.3. The fourth-order valence-corrected chi connectivity index (χ4v) is 7.01. The number of carbonyl (C=O) groups excluding carboxylic acids is 15. The van der Waals surface area contributed by atoms with Crippen LogP contribution in [0, 0.1) is 0 Å². The van der Waals surface area contributed by atoms with E-state index >= 15 is 0 Å². The maximum absolute atomic E-state index is 11.0. The molecule has 0 saturated carbocycles. The van der Waals surface area contributed by atoms with Crippen molar-refractivity contribution in [1.82, 2.24) is 5.32 Å². The first-order valence-electron chi connectivity index (χ1n) is 29.4. The topological polar surface area (TPSA) is 730 Å². The van der Waals surface area contributed by atoms with Crippen molar-refractivity contribution in [2.75, 3.05) is 31.8 Å². The lowest BCUT2D eigenvalue weighted by Gasteiger charge is -2.06. The number of amides is 1. The van der Waals surface area contributed by atoms with E-state index in [0.29, 0.717) is 63.7 Å². The van der Waals surface area contributed by atoms with Crippen molar-refractivity contribution in [3.05, 3.63) is 0 Å². The van der Waals surface area contributed by atoms with Gasteiger partial charge in [0.2, 0.25) is 23.1 Å². The predicted octanol–water partition coefficient (Wildman–Crippen LogP) is -3.03. The Hall–Kier alpha value is -8.84. The highest BCUT2D eigenvalue weighted by Crippen LogP contribution is 2.10. The summed E-state index contributed by atoms with van der Waals surface area (Å²) >= 11 is 1.74. The van der Waals surface area contributed by atoms with E-state index in [-0.39, 0.29) is 104 Å². The zero-order valence-corrected chi connectivity index (χ0v) is 57.5. The Morgan fingerprint density at radius 3 is 1.11 bits per heavy atom. The van der Waals surface area contributed by atoms with E-state index in [1.54, 1.807) is 0 Å². The third-order valence-electron chi connectivity index (χ3n) is 11.1. The first-order chi connectivity index (χ1) is 45.5. The van der Waals surface area contributed by atoms with E-state index in [9.17, 15) is 105 Å². The van der Waals surface area contributed by atoms with Gasteiger partial charge in [-0.15, -0.1) is 0 Å². The van der Waals surface area contributed by atoms with Gasteiger partial charge in [0, 0.05) is 58.1 Å². The van der Waals surface area contributed by atoms with Crippen LogP contribution in [0.4, 0.5) is 0 Å². The van der Waals surface area contributed by atoms with Crippen LogP contribution in [0.2, 0.25) is 0 Å². The fourth-order valence-electron chi connectivity index (χ4n) is 5.46. The quantitative estimate of drug-likeness (QED) is 0.0125. The molecular weight excluding hydrogens is 1370 g/mol. The van der Waals surface area contributed by atoms with E-state index in [1.807, 2.05) is 0 Å². The van der Waals surface area contributed by atoms with Gasteiger partial charge in [0.1, 0.15) is 90.7 Å². The SMILES string of the molecule is CC(=O)C(=O)C(=O)CCCCC(N)C(=O)O.CC(=O)C(=O)NCCCCC(N)C(=O)O.CC(=O)C(=O)SCCCCC(N)C(=O)O.CC(=O)CC(=O)CCC(N)C(=O)O.CC(=O)CC(=O)OCC(N)C(=O)O.CC(=O)CC(=O)SCC(N)C(=O)O.COC(=O)CC(=O)CCC(N)C(=O)O. The molecule has 0 radical (unpaired) electrons. The number of Topliss-reactive ketones (excluding diaryl/α,β-unsaturated/α-hetero) is 10. The molecular formula is C58H94N8O31S2. The summed E-state index contributed by atoms with van der Waals surface area (Å²) in [5.74, 6) is -14.2. The summed E-state index contributed by atoms with van der Waals surface area (Å²) in [6.45, 7) is 7.26.